The summed E-state index contributed by atoms with van der Waals surface area (Å²) >= 11 is 0. The number of rotatable bonds is 3. The highest BCUT2D eigenvalue weighted by Crippen LogP contribution is 2.23. The second-order valence-corrected chi connectivity index (χ2v) is 2.41. The number of ether oxygens (including phenoxy) is 2. The first-order chi connectivity index (χ1) is 6.31. The third-order valence-electron chi connectivity index (χ3n) is 1.61. The molecule has 68 valence electrons. The van der Waals surface area contributed by atoms with Gasteiger partial charge in [0.1, 0.15) is 17.6 Å². The molecule has 0 aromatic heterocycles. The number of hydrogen-bond acceptors (Lipinski definition) is 3. The third-order valence-corrected chi connectivity index (χ3v) is 1.61. The van der Waals surface area contributed by atoms with Crippen molar-refractivity contribution in [1.29, 1.82) is 5.26 Å². The average molecular weight is 177 g/mol. The summed E-state index contributed by atoms with van der Waals surface area (Å²) in [5.74, 6) is 1.27. The van der Waals surface area contributed by atoms with Gasteiger partial charge in [0.25, 0.3) is 0 Å². The molecule has 0 saturated heterocycles. The SMILES string of the molecule is CCOc1cc(OC)ccc1C#N. The molecule has 3 heteroatoms. The lowest BCUT2D eigenvalue weighted by Crippen LogP contribution is -1.95. The largest absolute Gasteiger partial charge is 0.497 e. The highest BCUT2D eigenvalue weighted by Gasteiger charge is 2.03. The molecule has 0 aliphatic heterocycles. The Labute approximate surface area is 77.5 Å². The van der Waals surface area contributed by atoms with Gasteiger partial charge in [-0.05, 0) is 19.1 Å². The van der Waals surface area contributed by atoms with Crippen LogP contribution in [0.15, 0.2) is 18.2 Å². The molecule has 0 bridgehead atoms. The van der Waals surface area contributed by atoms with E-state index in [0.717, 1.165) is 0 Å². The number of hydrogen-bond donors (Lipinski definition) is 0. The van der Waals surface area contributed by atoms with Crippen LogP contribution in [0.1, 0.15) is 12.5 Å². The Morgan fingerprint density at radius 2 is 2.23 bits per heavy atom. The monoisotopic (exact) mass is 177 g/mol. The van der Waals surface area contributed by atoms with E-state index in [1.165, 1.54) is 0 Å². The summed E-state index contributed by atoms with van der Waals surface area (Å²) in [7, 11) is 1.58. The number of methoxy groups -OCH3 is 1. The van der Waals surface area contributed by atoms with E-state index in [0.29, 0.717) is 23.7 Å². The molecule has 1 aromatic carbocycles. The van der Waals surface area contributed by atoms with Crippen LogP contribution in [0.4, 0.5) is 0 Å². The normalized spacial score (nSPS) is 9.00. The van der Waals surface area contributed by atoms with Gasteiger partial charge < -0.3 is 9.47 Å². The van der Waals surface area contributed by atoms with E-state index < -0.39 is 0 Å². The summed E-state index contributed by atoms with van der Waals surface area (Å²) < 4.78 is 10.3. The minimum absolute atomic E-state index is 0.530. The van der Waals surface area contributed by atoms with Crippen LogP contribution in [0.2, 0.25) is 0 Å². The second kappa shape index (κ2) is 4.36. The highest BCUT2D eigenvalue weighted by atomic mass is 16.5. The standard InChI is InChI=1S/C10H11NO2/c1-3-13-10-6-9(12-2)5-4-8(10)7-11/h4-6H,3H2,1-2H3. The maximum atomic E-state index is 8.74. The Morgan fingerprint density at radius 1 is 1.46 bits per heavy atom. The maximum absolute atomic E-state index is 8.74. The van der Waals surface area contributed by atoms with Gasteiger partial charge in [-0.15, -0.1) is 0 Å². The Kier molecular flexibility index (Phi) is 3.15. The number of benzene rings is 1. The zero-order chi connectivity index (χ0) is 9.68. The first-order valence-corrected chi connectivity index (χ1v) is 4.02. The lowest BCUT2D eigenvalue weighted by Gasteiger charge is -2.06. The highest BCUT2D eigenvalue weighted by molar-refractivity contribution is 5.47. The summed E-state index contributed by atoms with van der Waals surface area (Å²) in [6.07, 6.45) is 0. The molecule has 0 N–H and O–H groups in total. The molecule has 0 aliphatic rings. The van der Waals surface area contributed by atoms with Gasteiger partial charge in [-0.25, -0.2) is 0 Å². The summed E-state index contributed by atoms with van der Waals surface area (Å²) in [6, 6.07) is 7.18. The third kappa shape index (κ3) is 2.12. The fourth-order valence-electron chi connectivity index (χ4n) is 0.997. The molecule has 3 nitrogen and oxygen atoms in total. The molecule has 1 rings (SSSR count). The van der Waals surface area contributed by atoms with E-state index >= 15 is 0 Å². The predicted molar refractivity (Wildman–Crippen MR) is 48.9 cm³/mol. The van der Waals surface area contributed by atoms with Gasteiger partial charge in [-0.2, -0.15) is 5.26 Å². The Hall–Kier alpha value is -1.69. The zero-order valence-electron chi connectivity index (χ0n) is 7.70. The molecule has 1 aromatic rings. The number of nitrogens with zero attached hydrogens (tertiary/aromatic N) is 1. The van der Waals surface area contributed by atoms with Gasteiger partial charge in [0, 0.05) is 6.07 Å². The molecule has 13 heavy (non-hydrogen) atoms. The van der Waals surface area contributed by atoms with Crippen molar-refractivity contribution >= 4 is 0 Å². The van der Waals surface area contributed by atoms with Gasteiger partial charge in [0.15, 0.2) is 0 Å². The first kappa shape index (κ1) is 9.40. The van der Waals surface area contributed by atoms with E-state index in [2.05, 4.69) is 6.07 Å². The molecule has 0 aliphatic carbocycles. The van der Waals surface area contributed by atoms with Crippen LogP contribution >= 0.6 is 0 Å². The summed E-state index contributed by atoms with van der Waals surface area (Å²) in [5.41, 5.74) is 0.530. The van der Waals surface area contributed by atoms with Crippen molar-refractivity contribution in [3.63, 3.8) is 0 Å². The van der Waals surface area contributed by atoms with Crippen molar-refractivity contribution in [2.75, 3.05) is 13.7 Å². The van der Waals surface area contributed by atoms with Gasteiger partial charge in [-0.3, -0.25) is 0 Å². The molecule has 0 radical (unpaired) electrons. The van der Waals surface area contributed by atoms with Gasteiger partial charge in [0.05, 0.1) is 19.3 Å². The average Bonchev–Trinajstić information content (AvgIpc) is 2.18. The second-order valence-electron chi connectivity index (χ2n) is 2.41. The Balaban J connectivity index is 3.04. The summed E-state index contributed by atoms with van der Waals surface area (Å²) in [5, 5.41) is 8.74. The molecule has 0 unspecified atom stereocenters. The Morgan fingerprint density at radius 3 is 2.77 bits per heavy atom. The predicted octanol–water partition coefficient (Wildman–Crippen LogP) is 1.97. The van der Waals surface area contributed by atoms with Gasteiger partial charge in [0.2, 0.25) is 0 Å². The molecular weight excluding hydrogens is 166 g/mol. The molecule has 0 atom stereocenters. The molecule has 0 heterocycles. The number of nitriles is 1. The van der Waals surface area contributed by atoms with Crippen molar-refractivity contribution in [2.24, 2.45) is 0 Å². The van der Waals surface area contributed by atoms with E-state index in [1.807, 2.05) is 6.92 Å². The van der Waals surface area contributed by atoms with Crippen molar-refractivity contribution in [2.45, 2.75) is 6.92 Å². The van der Waals surface area contributed by atoms with E-state index in [9.17, 15) is 0 Å². The molecular formula is C10H11NO2. The van der Waals surface area contributed by atoms with Crippen LogP contribution in [0, 0.1) is 11.3 Å². The van der Waals surface area contributed by atoms with Crippen molar-refractivity contribution in [3.8, 4) is 17.6 Å². The van der Waals surface area contributed by atoms with Crippen LogP contribution in [0.3, 0.4) is 0 Å². The van der Waals surface area contributed by atoms with Crippen LogP contribution < -0.4 is 9.47 Å². The topological polar surface area (TPSA) is 42.2 Å². The van der Waals surface area contributed by atoms with E-state index in [1.54, 1.807) is 25.3 Å². The van der Waals surface area contributed by atoms with Crippen molar-refractivity contribution in [3.05, 3.63) is 23.8 Å². The first-order valence-electron chi connectivity index (χ1n) is 4.02. The molecule has 0 amide bonds. The lowest BCUT2D eigenvalue weighted by molar-refractivity contribution is 0.335. The quantitative estimate of drug-likeness (QED) is 0.708. The van der Waals surface area contributed by atoms with Crippen LogP contribution in [-0.4, -0.2) is 13.7 Å². The fourth-order valence-corrected chi connectivity index (χ4v) is 0.997. The van der Waals surface area contributed by atoms with Gasteiger partial charge >= 0.3 is 0 Å². The van der Waals surface area contributed by atoms with E-state index in [-0.39, 0.29) is 0 Å². The van der Waals surface area contributed by atoms with Crippen LogP contribution in [0.25, 0.3) is 0 Å². The Bertz CT molecular complexity index is 328. The van der Waals surface area contributed by atoms with Crippen LogP contribution in [-0.2, 0) is 0 Å². The minimum atomic E-state index is 0.530. The molecule has 0 saturated carbocycles. The zero-order valence-corrected chi connectivity index (χ0v) is 7.70. The van der Waals surface area contributed by atoms with Crippen LogP contribution in [0.5, 0.6) is 11.5 Å². The molecule has 0 spiro atoms. The maximum Gasteiger partial charge on any atom is 0.140 e. The fraction of sp³-hybridized carbons (Fsp3) is 0.300. The molecule has 0 fully saturated rings. The van der Waals surface area contributed by atoms with Crippen molar-refractivity contribution < 1.29 is 9.47 Å². The minimum Gasteiger partial charge on any atom is -0.497 e. The smallest absolute Gasteiger partial charge is 0.140 e. The van der Waals surface area contributed by atoms with Crippen molar-refractivity contribution in [1.82, 2.24) is 0 Å². The summed E-state index contributed by atoms with van der Waals surface area (Å²) in [6.45, 7) is 2.42. The summed E-state index contributed by atoms with van der Waals surface area (Å²) in [4.78, 5) is 0. The van der Waals surface area contributed by atoms with Gasteiger partial charge in [-0.1, -0.05) is 0 Å². The van der Waals surface area contributed by atoms with E-state index in [4.69, 9.17) is 14.7 Å². The lowest BCUT2D eigenvalue weighted by atomic mass is 10.2.